The zero-order valence-electron chi connectivity index (χ0n) is 75.5. The number of nitrogen functional groups attached to an aromatic ring is 1. The van der Waals surface area contributed by atoms with E-state index in [2.05, 4.69) is 133 Å². The first-order valence-electron chi connectivity index (χ1n) is 36.5. The van der Waals surface area contributed by atoms with Crippen LogP contribution in [0.15, 0.2) is 210 Å². The number of hydrogen-bond donors (Lipinski definition) is 7. The Morgan fingerprint density at radius 2 is 0.931 bits per heavy atom. The van der Waals surface area contributed by atoms with Crippen LogP contribution in [0.3, 0.4) is 0 Å². The van der Waals surface area contributed by atoms with Gasteiger partial charge in [-0.05, 0) is 121 Å². The molecule has 12 aromatic rings. The van der Waals surface area contributed by atoms with Gasteiger partial charge in [0.25, 0.3) is 6.47 Å². The summed E-state index contributed by atoms with van der Waals surface area (Å²) in [6.07, 6.45) is 0.251. The van der Waals surface area contributed by atoms with Gasteiger partial charge in [0.05, 0.1) is 55.1 Å². The third-order valence-electron chi connectivity index (χ3n) is 16.2. The number of amides is 2. The van der Waals surface area contributed by atoms with Crippen LogP contribution in [0.25, 0.3) is 22.3 Å². The summed E-state index contributed by atoms with van der Waals surface area (Å²) >= 11 is 25.7. The summed E-state index contributed by atoms with van der Waals surface area (Å²) in [6, 6.07) is 64.9. The summed E-state index contributed by atoms with van der Waals surface area (Å²) in [7, 11) is -22.2. The molecule has 2 amide bonds. The second-order valence-corrected chi connectivity index (χ2v) is 33.1. The number of aryl methyl sites for hydroxylation is 1. The summed E-state index contributed by atoms with van der Waals surface area (Å²) in [4.78, 5) is 58.4. The van der Waals surface area contributed by atoms with Crippen LogP contribution in [0.5, 0.6) is 0 Å². The molecule has 4 heterocycles. The minimum atomic E-state index is -4.95. The van der Waals surface area contributed by atoms with Gasteiger partial charge in [0, 0.05) is 46.9 Å². The molecule has 0 atom stereocenters. The first-order chi connectivity index (χ1) is 65.9. The maximum Gasteiger partial charge on any atom is 1.00 e. The minimum Gasteiger partial charge on any atom is -0.744 e. The summed E-state index contributed by atoms with van der Waals surface area (Å²) in [5.41, 5.74) is 13.0. The number of nitrogens with two attached hydrogens (primary N) is 1. The molecule has 45 nitrogen and oxygen atoms in total. The number of nitrogens with zero attached hydrogens (tertiary/aromatic N) is 14. The van der Waals surface area contributed by atoms with E-state index in [9.17, 15) is 71.9 Å². The van der Waals surface area contributed by atoms with E-state index in [1.54, 1.807) is 141 Å². The Morgan fingerprint density at radius 1 is 0.503 bits per heavy atom. The molecule has 63 heteroatoms. The van der Waals surface area contributed by atoms with Gasteiger partial charge in [-0.25, -0.2) is 32.1 Å². The number of carbonyl (C=O) groups excluding carboxylic acids is 5. The second kappa shape index (κ2) is 68.3. The second-order valence-electron chi connectivity index (χ2n) is 25.1. The molecule has 12 rings (SSSR count). The van der Waals surface area contributed by atoms with E-state index in [1.165, 1.54) is 30.3 Å². The van der Waals surface area contributed by atoms with Crippen molar-refractivity contribution in [2.24, 2.45) is 30.7 Å². The number of nitriles is 6. The van der Waals surface area contributed by atoms with E-state index >= 15 is 0 Å². The number of benzene rings is 8. The number of rotatable bonds is 25. The van der Waals surface area contributed by atoms with Gasteiger partial charge in [0.1, 0.15) is 94.2 Å². The molecule has 0 aliphatic heterocycles. The first kappa shape index (κ1) is 135. The smallest absolute Gasteiger partial charge is 0.744 e. The molecule has 8 aromatic carbocycles. The molecule has 4 aromatic heterocycles. The zero-order valence-corrected chi connectivity index (χ0v) is 89.0. The topological polar surface area (TPSA) is 755 Å². The van der Waals surface area contributed by atoms with Gasteiger partial charge in [-0.15, -0.1) is 124 Å². The predicted octanol–water partition coefficient (Wildman–Crippen LogP) is -1.89. The average Bonchev–Trinajstić information content (AvgIpc) is 1.64. The van der Waals surface area contributed by atoms with E-state index < -0.39 is 72.5 Å². The number of halogens is 4. The molecule has 712 valence electrons. The van der Waals surface area contributed by atoms with E-state index in [0.717, 1.165) is 34.8 Å². The predicted molar refractivity (Wildman–Crippen MR) is 497 cm³/mol. The van der Waals surface area contributed by atoms with E-state index in [-0.39, 0.29) is 279 Å². The van der Waals surface area contributed by atoms with Crippen LogP contribution in [0.1, 0.15) is 58.8 Å². The quantitative estimate of drug-likeness (QED) is 0.00822. The first-order valence-corrected chi connectivity index (χ1v) is 46.4. The van der Waals surface area contributed by atoms with Gasteiger partial charge in [0.2, 0.25) is 5.91 Å². The summed E-state index contributed by atoms with van der Waals surface area (Å²) in [6.45, 7) is 7.18. The van der Waals surface area contributed by atoms with Crippen LogP contribution < -0.4 is 172 Å². The average molecular weight is 2190 g/mol. The summed E-state index contributed by atoms with van der Waals surface area (Å²) in [5.74, 6) is -0.0235. The Balaban J connectivity index is -0.00000200. The van der Waals surface area contributed by atoms with Crippen molar-refractivity contribution in [1.82, 2.24) is 9.97 Å². The maximum absolute atomic E-state index is 12.2. The van der Waals surface area contributed by atoms with Crippen molar-refractivity contribution < 1.29 is 241 Å². The Bertz CT molecular complexity index is 7740. The largest absolute Gasteiger partial charge is 1.00 e. The van der Waals surface area contributed by atoms with Crippen LogP contribution in [0.4, 0.5) is 94.5 Å². The fraction of sp³-hybridized carbons (Fsp3) is 0.0610. The number of carbonyl (C=O) groups is 3. The van der Waals surface area contributed by atoms with E-state index in [4.69, 9.17) is 112 Å². The fourth-order valence-electron chi connectivity index (χ4n) is 10.7. The van der Waals surface area contributed by atoms with Crippen molar-refractivity contribution in [1.29, 1.82) is 31.6 Å². The Kier molecular flexibility index (Phi) is 63.5. The molecular formula is C82H53Cl4Li4N21Na2O24S8. The number of anilines is 11. The number of hydrogen-bond acceptors (Lipinski definition) is 45. The maximum atomic E-state index is 12.2. The van der Waals surface area contributed by atoms with Gasteiger partial charge in [-0.1, -0.05) is 104 Å². The third kappa shape index (κ3) is 45.2. The van der Waals surface area contributed by atoms with Crippen molar-refractivity contribution in [3.05, 3.63) is 260 Å². The standard InChI is InChI=1S/C40H24Cl2N11O4S2.C22H16N6O3S.C19H13Cl2N4O3S.CO2.4Li.2Na.4O3S.H2/c1-3-34(54)46-27-9-6-8-23(17-27)35-30(21-45)39(58-40(35)53-50-32-10-5-4-7-24(32)19-43)52-51-36-22(2)29(20-44)37(49-38(36)47-26-13-11-25(41)12-14-26)48-28-15-16-31(42)33(18-28)59(55,56)57;23-11-15-4-1-2-7-18(15)27-28-22-20(17(12-24)21(25)32-22)14-5-3-6-16(10-14)26-19(30)8-9-31-13-29;1-11-8-18(23-13-4-2-12(20)3-5-13)25-19(15(11)10-22)24-14-6-7-16(21)17(9-14)29(26,27)28;2-1-3;;;;;;;4*1-4(2)3;/h5-11,13-18H,1,3H2,2H3,(H,46,54)(H2,47,48,49)(H,55,56,57);1-7,10,13H,8-9,25H2,(H,26,30);2,4-9H,1H3,(H2,23,24,25)(H,26,27,28);;;;;;;;;;;;1H/q-3;;-1;;6*+1;;;;;/p-2. The van der Waals surface area contributed by atoms with E-state index in [0.29, 0.717) is 82.7 Å². The number of aromatic nitrogens is 2. The van der Waals surface area contributed by atoms with Gasteiger partial charge in [-0.2, -0.15) is 95.6 Å². The summed E-state index contributed by atoms with van der Waals surface area (Å²) < 4.78 is 175. The Labute approximate surface area is 952 Å². The van der Waals surface area contributed by atoms with Gasteiger partial charge in [-0.3, -0.25) is 14.4 Å². The van der Waals surface area contributed by atoms with Crippen LogP contribution >= 0.6 is 69.1 Å². The molecule has 8 N–H and O–H groups in total. The monoisotopic (exact) mass is 2190 g/mol. The number of ether oxygens (including phenoxy) is 1. The number of azo groups is 3. The molecule has 0 bridgehead atoms. The molecule has 0 spiro atoms. The Morgan fingerprint density at radius 3 is 1.38 bits per heavy atom. The molecule has 0 saturated heterocycles. The van der Waals surface area contributed by atoms with Crippen molar-refractivity contribution in [3.63, 3.8) is 0 Å². The van der Waals surface area contributed by atoms with Crippen molar-refractivity contribution in [2.45, 2.75) is 36.5 Å². The van der Waals surface area contributed by atoms with Gasteiger partial charge in [0.15, 0.2) is 22.5 Å². The number of thiophene rings is 2. The molecular weight excluding hydrogens is 2140 g/mol. The van der Waals surface area contributed by atoms with Crippen LogP contribution in [0, 0.1) is 107 Å². The number of pyridine rings is 2. The fourth-order valence-corrected chi connectivity index (χ4v) is 14.6. The molecule has 0 saturated carbocycles. The summed E-state index contributed by atoms with van der Waals surface area (Å²) in [5, 5.41) is 104. The molecule has 0 aliphatic rings. The normalized spacial score (nSPS) is 9.76. The van der Waals surface area contributed by atoms with Crippen molar-refractivity contribution in [2.75, 3.05) is 44.2 Å². The molecule has 0 aliphatic carbocycles. The van der Waals surface area contributed by atoms with Crippen LogP contribution in [-0.2, 0) is 91.4 Å². The molecule has 0 unspecified atom stereocenters. The minimum absolute atomic E-state index is 0. The zero-order chi connectivity index (χ0) is 103. The van der Waals surface area contributed by atoms with Crippen molar-refractivity contribution >= 4 is 251 Å². The molecule has 145 heavy (non-hydrogen) atoms. The van der Waals surface area contributed by atoms with Gasteiger partial charge >= 0.3 is 183 Å². The van der Waals surface area contributed by atoms with Gasteiger partial charge < -0.3 is 58.4 Å². The third-order valence-corrected chi connectivity index (χ3v) is 21.2. The number of nitrogens with one attached hydrogen (secondary N) is 6. The SMILES string of the molecule is Cc1cc(Nc2c[c-]c(Cl)cc2)nc(Nc2ccc(Cl)c(S(=O)(=O)[O-])c2)c1C#N.N#Cc1ccccc1N=Nc1sc(N)c(C#N)c1-c1cccc(NC(=O)CCOC=O)c1.O=C=O.O=S(=O)=O.O=S(=O)=O.O=S(=O)=O.O=S(=O)=O.[CH2-]CC(=O)Nc1cccc(-c2c(N=Nc3cc[c-]cc3C#N)sc(N=Nc3c(Nc4c[c-]c(Cl)cc4)nc(Nc4ccc(Cl)c(S(=O)(=O)[O-])c4)c(C#N)c3C)c2C#N)c1.[HH].[Li+].[Li+].[Li+].[Li+].[Na+].[Na+]. The van der Waals surface area contributed by atoms with Crippen LogP contribution in [0.2, 0.25) is 20.1 Å². The molecule has 0 radical (unpaired) electrons. The molecule has 0 fully saturated rings. The van der Waals surface area contributed by atoms with E-state index in [1.807, 2.05) is 6.07 Å². The Hall–Kier alpha value is -12.2. The van der Waals surface area contributed by atoms with Crippen LogP contribution in [-0.4, -0.2) is 117 Å². The van der Waals surface area contributed by atoms with Crippen molar-refractivity contribution in [3.8, 4) is 58.7 Å².